The summed E-state index contributed by atoms with van der Waals surface area (Å²) < 4.78 is 0. The van der Waals surface area contributed by atoms with Gasteiger partial charge in [0.05, 0.1) is 4.92 Å². The monoisotopic (exact) mass is 249 g/mol. The summed E-state index contributed by atoms with van der Waals surface area (Å²) in [7, 11) is 0. The average Bonchev–Trinajstić information content (AvgIpc) is 2.84. The van der Waals surface area contributed by atoms with Gasteiger partial charge in [-0.15, -0.1) is 0 Å². The zero-order valence-corrected chi connectivity index (χ0v) is 10.6. The zero-order chi connectivity index (χ0) is 13.0. The Morgan fingerprint density at radius 1 is 1.56 bits per heavy atom. The molecule has 1 atom stereocenters. The lowest BCUT2D eigenvalue weighted by molar-refractivity contribution is -0.385. The summed E-state index contributed by atoms with van der Waals surface area (Å²) in [6.07, 6.45) is 3.54. The van der Waals surface area contributed by atoms with E-state index in [4.69, 9.17) is 0 Å². The van der Waals surface area contributed by atoms with E-state index in [9.17, 15) is 10.1 Å². The lowest BCUT2D eigenvalue weighted by atomic mass is 10.1. The molecule has 1 heterocycles. The minimum Gasteiger partial charge on any atom is -0.385 e. The third-order valence-electron chi connectivity index (χ3n) is 3.47. The molecule has 2 N–H and O–H groups in total. The van der Waals surface area contributed by atoms with Gasteiger partial charge in [0.15, 0.2) is 0 Å². The topological polar surface area (TPSA) is 67.2 Å². The fraction of sp³-hybridized carbons (Fsp3) is 0.538. The number of hydrogen-bond donors (Lipinski definition) is 2. The van der Waals surface area contributed by atoms with E-state index in [2.05, 4.69) is 10.6 Å². The first kappa shape index (κ1) is 12.8. The van der Waals surface area contributed by atoms with E-state index in [1.165, 1.54) is 12.8 Å². The van der Waals surface area contributed by atoms with Gasteiger partial charge in [0.1, 0.15) is 0 Å². The predicted molar refractivity (Wildman–Crippen MR) is 72.0 cm³/mol. The van der Waals surface area contributed by atoms with Crippen molar-refractivity contribution in [2.75, 3.05) is 18.4 Å². The van der Waals surface area contributed by atoms with E-state index in [0.717, 1.165) is 25.2 Å². The molecule has 1 aliphatic rings. The smallest absolute Gasteiger partial charge is 0.274 e. The summed E-state index contributed by atoms with van der Waals surface area (Å²) in [5, 5.41) is 17.6. The number of anilines is 1. The quantitative estimate of drug-likeness (QED) is 0.621. The molecular formula is C13H19N3O2. The molecule has 0 radical (unpaired) electrons. The van der Waals surface area contributed by atoms with Crippen molar-refractivity contribution in [3.63, 3.8) is 0 Å². The number of hydrogen-bond acceptors (Lipinski definition) is 4. The van der Waals surface area contributed by atoms with E-state index in [0.29, 0.717) is 11.6 Å². The molecule has 5 nitrogen and oxygen atoms in total. The molecule has 1 aromatic rings. The number of nitrogens with zero attached hydrogens (tertiary/aromatic N) is 1. The van der Waals surface area contributed by atoms with E-state index in [1.54, 1.807) is 19.1 Å². The maximum Gasteiger partial charge on any atom is 0.274 e. The summed E-state index contributed by atoms with van der Waals surface area (Å²) in [5.74, 6) is 0. The van der Waals surface area contributed by atoms with Crippen LogP contribution in [-0.4, -0.2) is 24.1 Å². The van der Waals surface area contributed by atoms with Crippen molar-refractivity contribution in [1.29, 1.82) is 0 Å². The Morgan fingerprint density at radius 3 is 3.06 bits per heavy atom. The Hall–Kier alpha value is -1.62. The van der Waals surface area contributed by atoms with Crippen molar-refractivity contribution >= 4 is 11.4 Å². The Bertz CT molecular complexity index is 428. The standard InChI is InChI=1S/C13H19N3O2/c1-10-12(5-2-6-13(10)16(17)18)15-9-7-11-4-3-8-14-11/h2,5-6,11,14-15H,3-4,7-9H2,1H3/t11-/m0/s1. The molecule has 1 aliphatic heterocycles. The maximum absolute atomic E-state index is 10.8. The van der Waals surface area contributed by atoms with Gasteiger partial charge >= 0.3 is 0 Å². The molecular weight excluding hydrogens is 230 g/mol. The van der Waals surface area contributed by atoms with Crippen LogP contribution in [0.3, 0.4) is 0 Å². The van der Waals surface area contributed by atoms with Crippen LogP contribution in [0.2, 0.25) is 0 Å². The van der Waals surface area contributed by atoms with Gasteiger partial charge in [-0.05, 0) is 38.8 Å². The van der Waals surface area contributed by atoms with Crippen LogP contribution < -0.4 is 10.6 Å². The molecule has 0 aliphatic carbocycles. The molecule has 1 aromatic carbocycles. The lowest BCUT2D eigenvalue weighted by Crippen LogP contribution is -2.24. The molecule has 0 bridgehead atoms. The summed E-state index contributed by atoms with van der Waals surface area (Å²) in [4.78, 5) is 10.5. The molecule has 0 aromatic heterocycles. The first-order valence-electron chi connectivity index (χ1n) is 6.40. The first-order valence-corrected chi connectivity index (χ1v) is 6.40. The fourth-order valence-electron chi connectivity index (χ4n) is 2.40. The normalized spacial score (nSPS) is 18.8. The molecule has 0 unspecified atom stereocenters. The minimum absolute atomic E-state index is 0.180. The van der Waals surface area contributed by atoms with Crippen molar-refractivity contribution in [3.8, 4) is 0 Å². The van der Waals surface area contributed by atoms with Gasteiger partial charge in [-0.2, -0.15) is 0 Å². The summed E-state index contributed by atoms with van der Waals surface area (Å²) in [6.45, 7) is 3.74. The van der Waals surface area contributed by atoms with Crippen LogP contribution in [0.4, 0.5) is 11.4 Å². The van der Waals surface area contributed by atoms with Gasteiger partial charge in [-0.3, -0.25) is 10.1 Å². The van der Waals surface area contributed by atoms with Crippen molar-refractivity contribution in [2.24, 2.45) is 0 Å². The van der Waals surface area contributed by atoms with Crippen molar-refractivity contribution in [2.45, 2.75) is 32.2 Å². The largest absolute Gasteiger partial charge is 0.385 e. The summed E-state index contributed by atoms with van der Waals surface area (Å²) in [5.41, 5.74) is 1.75. The fourth-order valence-corrected chi connectivity index (χ4v) is 2.40. The maximum atomic E-state index is 10.8. The highest BCUT2D eigenvalue weighted by Gasteiger charge is 2.15. The Labute approximate surface area is 107 Å². The molecule has 98 valence electrons. The van der Waals surface area contributed by atoms with Gasteiger partial charge in [0.2, 0.25) is 0 Å². The summed E-state index contributed by atoms with van der Waals surface area (Å²) in [6, 6.07) is 5.75. The van der Waals surface area contributed by atoms with E-state index < -0.39 is 0 Å². The zero-order valence-electron chi connectivity index (χ0n) is 10.6. The molecule has 2 rings (SSSR count). The third-order valence-corrected chi connectivity index (χ3v) is 3.47. The van der Waals surface area contributed by atoms with E-state index in [1.807, 2.05) is 6.07 Å². The molecule has 1 fully saturated rings. The lowest BCUT2D eigenvalue weighted by Gasteiger charge is -2.13. The van der Waals surface area contributed by atoms with Gasteiger partial charge in [-0.25, -0.2) is 0 Å². The van der Waals surface area contributed by atoms with Crippen LogP contribution in [0.1, 0.15) is 24.8 Å². The van der Waals surface area contributed by atoms with E-state index in [-0.39, 0.29) is 10.6 Å². The highest BCUT2D eigenvalue weighted by Crippen LogP contribution is 2.25. The Morgan fingerprint density at radius 2 is 2.39 bits per heavy atom. The highest BCUT2D eigenvalue weighted by molar-refractivity contribution is 5.59. The van der Waals surface area contributed by atoms with Gasteiger partial charge < -0.3 is 10.6 Å². The van der Waals surface area contributed by atoms with Crippen LogP contribution in [0.5, 0.6) is 0 Å². The minimum atomic E-state index is -0.334. The molecule has 18 heavy (non-hydrogen) atoms. The van der Waals surface area contributed by atoms with Crippen molar-refractivity contribution < 1.29 is 4.92 Å². The van der Waals surface area contributed by atoms with Crippen molar-refractivity contribution in [3.05, 3.63) is 33.9 Å². The SMILES string of the molecule is Cc1c(NCC[C@@H]2CCCN2)cccc1[N+](=O)[O-]. The number of nitro groups is 1. The van der Waals surface area contributed by atoms with Gasteiger partial charge in [-0.1, -0.05) is 6.07 Å². The van der Waals surface area contributed by atoms with Gasteiger partial charge in [0.25, 0.3) is 5.69 Å². The first-order chi connectivity index (χ1) is 8.68. The Balaban J connectivity index is 1.92. The summed E-state index contributed by atoms with van der Waals surface area (Å²) >= 11 is 0. The molecule has 0 amide bonds. The molecule has 0 spiro atoms. The van der Waals surface area contributed by atoms with Crippen LogP contribution in [0, 0.1) is 17.0 Å². The molecule has 1 saturated heterocycles. The van der Waals surface area contributed by atoms with Crippen LogP contribution in [-0.2, 0) is 0 Å². The molecule has 5 heteroatoms. The molecule has 0 saturated carbocycles. The predicted octanol–water partition coefficient (Wildman–Crippen LogP) is 2.46. The second-order valence-electron chi connectivity index (χ2n) is 4.72. The number of rotatable bonds is 5. The second-order valence-corrected chi connectivity index (χ2v) is 4.72. The van der Waals surface area contributed by atoms with E-state index >= 15 is 0 Å². The average molecular weight is 249 g/mol. The van der Waals surface area contributed by atoms with Crippen molar-refractivity contribution in [1.82, 2.24) is 5.32 Å². The number of benzene rings is 1. The van der Waals surface area contributed by atoms with Gasteiger partial charge in [0, 0.05) is 29.9 Å². The van der Waals surface area contributed by atoms with Crippen LogP contribution in [0.15, 0.2) is 18.2 Å². The third kappa shape index (κ3) is 2.98. The Kier molecular flexibility index (Phi) is 4.15. The van der Waals surface area contributed by atoms with Crippen LogP contribution in [0.25, 0.3) is 0 Å². The number of nitrogens with one attached hydrogen (secondary N) is 2. The highest BCUT2D eigenvalue weighted by atomic mass is 16.6. The second kappa shape index (κ2) is 5.82. The number of nitro benzene ring substituents is 1. The van der Waals surface area contributed by atoms with Crippen LogP contribution >= 0.6 is 0 Å².